The Bertz CT molecular complexity index is 991. The summed E-state index contributed by atoms with van der Waals surface area (Å²) in [5.41, 5.74) is 2.50. The van der Waals surface area contributed by atoms with Crippen molar-refractivity contribution in [2.75, 3.05) is 30.9 Å². The maximum atomic E-state index is 12.0. The topological polar surface area (TPSA) is 71.5 Å². The number of hydrogen-bond donors (Lipinski definition) is 1. The highest BCUT2D eigenvalue weighted by Gasteiger charge is 2.33. The maximum Gasteiger partial charge on any atom is 0.208 e. The summed E-state index contributed by atoms with van der Waals surface area (Å²) in [6.45, 7) is 4.20. The first kappa shape index (κ1) is 24.2. The summed E-state index contributed by atoms with van der Waals surface area (Å²) in [6.07, 6.45) is 7.54. The van der Waals surface area contributed by atoms with E-state index in [1.165, 1.54) is 11.8 Å². The lowest BCUT2D eigenvalue weighted by Gasteiger charge is -2.40. The van der Waals surface area contributed by atoms with E-state index in [0.717, 1.165) is 63.1 Å². The molecule has 7 heteroatoms. The third-order valence-corrected chi connectivity index (χ3v) is 7.80. The van der Waals surface area contributed by atoms with E-state index in [1.54, 1.807) is 0 Å². The monoisotopic (exact) mass is 471 g/mol. The smallest absolute Gasteiger partial charge is 0.208 e. The number of hydrogen-bond acceptors (Lipinski definition) is 5. The average molecular weight is 472 g/mol. The van der Waals surface area contributed by atoms with Crippen LogP contribution in [0.3, 0.4) is 0 Å². The molecule has 1 N–H and O–H groups in total. The van der Waals surface area contributed by atoms with Gasteiger partial charge in [0.1, 0.15) is 5.82 Å². The molecule has 0 bridgehead atoms. The number of ether oxygens (including phenoxy) is 1. The second-order valence-electron chi connectivity index (χ2n) is 9.55. The number of nitrogens with one attached hydrogen (secondary N) is 1. The molecule has 0 amide bonds. The van der Waals surface area contributed by atoms with E-state index < -0.39 is 10.0 Å². The van der Waals surface area contributed by atoms with Crippen LogP contribution in [0.5, 0.6) is 0 Å². The highest BCUT2D eigenvalue weighted by molar-refractivity contribution is 7.88. The molecule has 1 aliphatic heterocycles. The minimum absolute atomic E-state index is 0.0902. The quantitative estimate of drug-likeness (QED) is 0.627. The Morgan fingerprint density at radius 1 is 1.03 bits per heavy atom. The van der Waals surface area contributed by atoms with E-state index in [1.807, 2.05) is 12.1 Å². The number of anilines is 1. The highest BCUT2D eigenvalue weighted by Crippen LogP contribution is 2.34. The van der Waals surface area contributed by atoms with Gasteiger partial charge in [0.15, 0.2) is 0 Å². The van der Waals surface area contributed by atoms with Gasteiger partial charge in [0.2, 0.25) is 10.0 Å². The van der Waals surface area contributed by atoms with Crippen molar-refractivity contribution in [2.24, 2.45) is 5.92 Å². The van der Waals surface area contributed by atoms with Gasteiger partial charge in [-0.2, -0.15) is 0 Å². The lowest BCUT2D eigenvalue weighted by atomic mass is 9.82. The second-order valence-corrected chi connectivity index (χ2v) is 11.3. The largest absolute Gasteiger partial charge is 0.378 e. The summed E-state index contributed by atoms with van der Waals surface area (Å²) in [5.74, 6) is 1.68. The molecule has 0 radical (unpaired) electrons. The average Bonchev–Trinajstić information content (AvgIpc) is 2.83. The molecule has 6 nitrogen and oxygen atoms in total. The lowest BCUT2D eigenvalue weighted by molar-refractivity contribution is -0.00213. The molecular weight excluding hydrogens is 434 g/mol. The summed E-state index contributed by atoms with van der Waals surface area (Å²) in [4.78, 5) is 7.06. The molecule has 4 rings (SSSR count). The molecule has 2 aliphatic rings. The minimum atomic E-state index is -3.27. The van der Waals surface area contributed by atoms with Crippen molar-refractivity contribution in [3.8, 4) is 0 Å². The van der Waals surface area contributed by atoms with Gasteiger partial charge in [-0.15, -0.1) is 0 Å². The summed E-state index contributed by atoms with van der Waals surface area (Å²) < 4.78 is 33.2. The maximum absolute atomic E-state index is 12.0. The molecule has 2 atom stereocenters. The van der Waals surface area contributed by atoms with Gasteiger partial charge < -0.3 is 9.64 Å². The zero-order valence-corrected chi connectivity index (χ0v) is 20.6. The summed E-state index contributed by atoms with van der Waals surface area (Å²) in [7, 11) is -3.27. The molecule has 2 aromatic rings. The van der Waals surface area contributed by atoms with E-state index in [2.05, 4.69) is 52.9 Å². The van der Waals surface area contributed by atoms with Gasteiger partial charge >= 0.3 is 0 Å². The van der Waals surface area contributed by atoms with Crippen LogP contribution < -0.4 is 9.62 Å². The van der Waals surface area contributed by atoms with Gasteiger partial charge in [-0.1, -0.05) is 43.3 Å². The van der Waals surface area contributed by atoms with Crippen LogP contribution in [0.15, 0.2) is 48.5 Å². The molecular formula is C26H37N3O3S. The van der Waals surface area contributed by atoms with Crippen LogP contribution in [0.2, 0.25) is 0 Å². The molecule has 2 heterocycles. The predicted molar refractivity (Wildman–Crippen MR) is 133 cm³/mol. The van der Waals surface area contributed by atoms with Crippen molar-refractivity contribution in [1.29, 1.82) is 0 Å². The molecule has 2 unspecified atom stereocenters. The molecule has 1 saturated carbocycles. The fourth-order valence-corrected chi connectivity index (χ4v) is 6.09. The lowest BCUT2D eigenvalue weighted by Crippen LogP contribution is -2.52. The van der Waals surface area contributed by atoms with Crippen molar-refractivity contribution in [3.05, 3.63) is 59.8 Å². The number of aromatic nitrogens is 1. The van der Waals surface area contributed by atoms with Crippen LogP contribution in [0.25, 0.3) is 0 Å². The standard InChI is InChI=1S/C26H37N3O3S/c1-3-23-10-7-11-26(27-23)29-17-16-25(28-33(2,30)31)22(18-29)19-32-24-14-12-21(13-15-24)20-8-5-4-6-9-20/h4-11,21-22,24-25,28H,3,12-19H2,1-2H3. The molecule has 180 valence electrons. The SMILES string of the molecule is CCc1cccc(N2CCC(NS(C)(=O)=O)C(COC3CCC(c4ccccc4)CC3)C2)n1. The summed E-state index contributed by atoms with van der Waals surface area (Å²) in [6, 6.07) is 16.8. The predicted octanol–water partition coefficient (Wildman–Crippen LogP) is 4.13. The first-order valence-corrected chi connectivity index (χ1v) is 14.1. The van der Waals surface area contributed by atoms with Gasteiger partial charge in [-0.25, -0.2) is 18.1 Å². The Hall–Kier alpha value is -1.96. The van der Waals surface area contributed by atoms with Gasteiger partial charge in [-0.3, -0.25) is 0 Å². The number of benzene rings is 1. The fraction of sp³-hybridized carbons (Fsp3) is 0.577. The second kappa shape index (κ2) is 11.0. The van der Waals surface area contributed by atoms with Crippen LogP contribution in [0, 0.1) is 5.92 Å². The first-order valence-electron chi connectivity index (χ1n) is 12.3. The van der Waals surface area contributed by atoms with Crippen LogP contribution in [-0.2, 0) is 21.2 Å². The van der Waals surface area contributed by atoms with E-state index in [-0.39, 0.29) is 18.1 Å². The Labute approximate surface area is 198 Å². The van der Waals surface area contributed by atoms with Crippen molar-refractivity contribution in [1.82, 2.24) is 9.71 Å². The van der Waals surface area contributed by atoms with Gasteiger partial charge in [0, 0.05) is 30.7 Å². The van der Waals surface area contributed by atoms with Gasteiger partial charge in [0.25, 0.3) is 0 Å². The third-order valence-electron chi connectivity index (χ3n) is 7.07. The zero-order valence-electron chi connectivity index (χ0n) is 19.8. The number of pyridine rings is 1. The van der Waals surface area contributed by atoms with Gasteiger partial charge in [-0.05, 0) is 62.1 Å². The van der Waals surface area contributed by atoms with E-state index in [4.69, 9.17) is 9.72 Å². The van der Waals surface area contributed by atoms with Gasteiger partial charge in [0.05, 0.1) is 19.0 Å². The van der Waals surface area contributed by atoms with Crippen molar-refractivity contribution < 1.29 is 13.2 Å². The van der Waals surface area contributed by atoms with E-state index in [0.29, 0.717) is 12.5 Å². The molecule has 1 saturated heterocycles. The molecule has 33 heavy (non-hydrogen) atoms. The normalized spacial score (nSPS) is 26.3. The molecule has 2 fully saturated rings. The summed E-state index contributed by atoms with van der Waals surface area (Å²) >= 11 is 0. The minimum Gasteiger partial charge on any atom is -0.378 e. The van der Waals surface area contributed by atoms with Crippen LogP contribution >= 0.6 is 0 Å². The Morgan fingerprint density at radius 3 is 2.48 bits per heavy atom. The Kier molecular flexibility index (Phi) is 8.04. The van der Waals surface area contributed by atoms with E-state index in [9.17, 15) is 8.42 Å². The fourth-order valence-electron chi connectivity index (χ4n) is 5.23. The molecule has 0 spiro atoms. The number of rotatable bonds is 8. The highest BCUT2D eigenvalue weighted by atomic mass is 32.2. The molecule has 1 aromatic heterocycles. The van der Waals surface area contributed by atoms with Crippen LogP contribution in [-0.4, -0.2) is 51.5 Å². The Morgan fingerprint density at radius 2 is 1.79 bits per heavy atom. The number of nitrogens with zero attached hydrogens (tertiary/aromatic N) is 2. The first-order chi connectivity index (χ1) is 15.9. The van der Waals surface area contributed by atoms with Crippen molar-refractivity contribution >= 4 is 15.8 Å². The Balaban J connectivity index is 1.37. The summed E-state index contributed by atoms with van der Waals surface area (Å²) in [5, 5.41) is 0. The number of sulfonamides is 1. The number of aryl methyl sites for hydroxylation is 1. The molecule has 1 aromatic carbocycles. The zero-order chi connectivity index (χ0) is 23.3. The van der Waals surface area contributed by atoms with Crippen molar-refractivity contribution in [3.63, 3.8) is 0 Å². The van der Waals surface area contributed by atoms with Crippen molar-refractivity contribution in [2.45, 2.75) is 63.5 Å². The number of piperidine rings is 1. The van der Waals surface area contributed by atoms with Crippen LogP contribution in [0.1, 0.15) is 56.2 Å². The molecule has 1 aliphatic carbocycles. The third kappa shape index (κ3) is 6.78. The van der Waals surface area contributed by atoms with E-state index >= 15 is 0 Å². The van der Waals surface area contributed by atoms with Crippen LogP contribution in [0.4, 0.5) is 5.82 Å².